The topological polar surface area (TPSA) is 75.7 Å². The lowest BCUT2D eigenvalue weighted by atomic mass is 9.81. The number of amides is 3. The van der Waals surface area contributed by atoms with E-state index in [9.17, 15) is 14.4 Å². The molecule has 1 heterocycles. The average molecular weight is 372 g/mol. The van der Waals surface area contributed by atoms with E-state index in [0.29, 0.717) is 13.0 Å². The van der Waals surface area contributed by atoms with Gasteiger partial charge in [0.25, 0.3) is 0 Å². The van der Waals surface area contributed by atoms with E-state index in [1.807, 2.05) is 25.1 Å². The second-order valence-electron chi connectivity index (χ2n) is 7.49. The molecular weight excluding hydrogens is 344 g/mol. The van der Waals surface area contributed by atoms with Crippen molar-refractivity contribution in [3.63, 3.8) is 0 Å². The van der Waals surface area contributed by atoms with Crippen LogP contribution in [0.1, 0.15) is 43.2 Å². The van der Waals surface area contributed by atoms with E-state index >= 15 is 0 Å². The average Bonchev–Trinajstić information content (AvgIpc) is 2.91. The number of methoxy groups -OCH3 is 1. The Morgan fingerprint density at radius 3 is 2.48 bits per heavy atom. The highest BCUT2D eigenvalue weighted by Gasteiger charge is 2.47. The Balaban J connectivity index is 1.46. The minimum Gasteiger partial charge on any atom is -0.496 e. The fraction of sp³-hybridized carbons (Fsp3) is 0.571. The molecule has 1 aliphatic heterocycles. The van der Waals surface area contributed by atoms with E-state index < -0.39 is 0 Å². The van der Waals surface area contributed by atoms with Gasteiger partial charge in [0.1, 0.15) is 5.75 Å². The zero-order valence-corrected chi connectivity index (χ0v) is 16.1. The van der Waals surface area contributed by atoms with E-state index in [0.717, 1.165) is 42.6 Å². The Morgan fingerprint density at radius 1 is 1.19 bits per heavy atom. The lowest BCUT2D eigenvalue weighted by Crippen LogP contribution is -2.35. The summed E-state index contributed by atoms with van der Waals surface area (Å²) in [6.07, 6.45) is 4.45. The predicted octanol–water partition coefficient (Wildman–Crippen LogP) is 2.23. The molecule has 0 unspecified atom stereocenters. The van der Waals surface area contributed by atoms with Gasteiger partial charge in [-0.1, -0.05) is 30.5 Å². The van der Waals surface area contributed by atoms with Crippen molar-refractivity contribution in [3.8, 4) is 5.75 Å². The molecule has 6 nitrogen and oxygen atoms in total. The summed E-state index contributed by atoms with van der Waals surface area (Å²) in [6, 6.07) is 5.97. The number of rotatable bonds is 7. The van der Waals surface area contributed by atoms with Crippen molar-refractivity contribution in [2.45, 2.75) is 45.4 Å². The van der Waals surface area contributed by atoms with Crippen LogP contribution in [0.15, 0.2) is 18.2 Å². The van der Waals surface area contributed by atoms with Crippen molar-refractivity contribution < 1.29 is 19.1 Å². The summed E-state index contributed by atoms with van der Waals surface area (Å²) in [6.45, 7) is 2.69. The van der Waals surface area contributed by atoms with Crippen LogP contribution in [0.4, 0.5) is 0 Å². The number of likely N-dealkylation sites (tertiary alicyclic amines) is 1. The molecule has 0 bridgehead atoms. The summed E-state index contributed by atoms with van der Waals surface area (Å²) < 4.78 is 5.35. The molecule has 1 saturated carbocycles. The summed E-state index contributed by atoms with van der Waals surface area (Å²) in [5, 5.41) is 2.87. The minimum absolute atomic E-state index is 0.0815. The standard InChI is InChI=1S/C21H28N2O4/c1-14-7-8-18(27-2)15(13-14)9-11-22-19(24)10-12-23-20(25)16-5-3-4-6-17(16)21(23)26/h7-8,13,16-17H,3-6,9-12H2,1-2H3,(H,22,24)/t16-,17-/m0/s1. The lowest BCUT2D eigenvalue weighted by Gasteiger charge is -2.19. The van der Waals surface area contributed by atoms with Crippen LogP contribution >= 0.6 is 0 Å². The molecule has 27 heavy (non-hydrogen) atoms. The van der Waals surface area contributed by atoms with Gasteiger partial charge in [-0.2, -0.15) is 0 Å². The van der Waals surface area contributed by atoms with Crippen LogP contribution in [0.5, 0.6) is 5.75 Å². The zero-order valence-electron chi connectivity index (χ0n) is 16.1. The zero-order chi connectivity index (χ0) is 19.4. The maximum absolute atomic E-state index is 12.4. The van der Waals surface area contributed by atoms with Crippen LogP contribution in [0, 0.1) is 18.8 Å². The molecule has 0 spiro atoms. The van der Waals surface area contributed by atoms with Crippen molar-refractivity contribution >= 4 is 17.7 Å². The molecule has 0 radical (unpaired) electrons. The number of nitrogens with zero attached hydrogens (tertiary/aromatic N) is 1. The third-order valence-electron chi connectivity index (χ3n) is 5.65. The molecule has 3 rings (SSSR count). The Labute approximate surface area is 160 Å². The van der Waals surface area contributed by atoms with Crippen molar-refractivity contribution in [1.82, 2.24) is 10.2 Å². The molecule has 1 aromatic carbocycles. The van der Waals surface area contributed by atoms with E-state index in [1.165, 1.54) is 4.90 Å². The predicted molar refractivity (Wildman–Crippen MR) is 101 cm³/mol. The SMILES string of the molecule is COc1ccc(C)cc1CCNC(=O)CCN1C(=O)[C@H]2CCCC[C@@H]2C1=O. The lowest BCUT2D eigenvalue weighted by molar-refractivity contribution is -0.140. The molecular formula is C21H28N2O4. The van der Waals surface area contributed by atoms with Gasteiger partial charge in [-0.25, -0.2) is 0 Å². The highest BCUT2D eigenvalue weighted by atomic mass is 16.5. The largest absolute Gasteiger partial charge is 0.496 e. The molecule has 6 heteroatoms. The van der Waals surface area contributed by atoms with Gasteiger partial charge in [-0.05, 0) is 37.8 Å². The number of nitrogens with one attached hydrogen (secondary N) is 1. The van der Waals surface area contributed by atoms with Crippen LogP contribution in [0.3, 0.4) is 0 Å². The Bertz CT molecular complexity index is 707. The monoisotopic (exact) mass is 372 g/mol. The van der Waals surface area contributed by atoms with Gasteiger partial charge in [0.2, 0.25) is 17.7 Å². The maximum atomic E-state index is 12.4. The number of hydrogen-bond acceptors (Lipinski definition) is 4. The van der Waals surface area contributed by atoms with Gasteiger partial charge in [0.05, 0.1) is 18.9 Å². The van der Waals surface area contributed by atoms with Crippen LogP contribution in [-0.4, -0.2) is 42.8 Å². The highest BCUT2D eigenvalue weighted by molar-refractivity contribution is 6.05. The van der Waals surface area contributed by atoms with Gasteiger partial charge >= 0.3 is 0 Å². The Morgan fingerprint density at radius 2 is 1.85 bits per heavy atom. The van der Waals surface area contributed by atoms with E-state index in [1.54, 1.807) is 7.11 Å². The first-order valence-electron chi connectivity index (χ1n) is 9.76. The molecule has 3 amide bonds. The molecule has 1 N–H and O–H groups in total. The van der Waals surface area contributed by atoms with Crippen molar-refractivity contribution in [1.29, 1.82) is 0 Å². The first-order valence-corrected chi connectivity index (χ1v) is 9.76. The normalized spacial score (nSPS) is 21.9. The van der Waals surface area contributed by atoms with Crippen LogP contribution in [-0.2, 0) is 20.8 Å². The minimum atomic E-state index is -0.150. The summed E-state index contributed by atoms with van der Waals surface area (Å²) >= 11 is 0. The summed E-state index contributed by atoms with van der Waals surface area (Å²) in [5.74, 6) is 0.206. The molecule has 1 saturated heterocycles. The quantitative estimate of drug-likeness (QED) is 0.745. The van der Waals surface area contributed by atoms with Crippen molar-refractivity contribution in [3.05, 3.63) is 29.3 Å². The van der Waals surface area contributed by atoms with Gasteiger partial charge in [0, 0.05) is 19.5 Å². The molecule has 2 aliphatic rings. The van der Waals surface area contributed by atoms with Crippen LogP contribution in [0.25, 0.3) is 0 Å². The molecule has 2 fully saturated rings. The van der Waals surface area contributed by atoms with Crippen LogP contribution in [0.2, 0.25) is 0 Å². The number of carbonyl (C=O) groups excluding carboxylic acids is 3. The first-order chi connectivity index (χ1) is 13.0. The summed E-state index contributed by atoms with van der Waals surface area (Å²) in [7, 11) is 1.63. The second kappa shape index (κ2) is 8.55. The van der Waals surface area contributed by atoms with E-state index in [-0.39, 0.29) is 42.5 Å². The van der Waals surface area contributed by atoms with Gasteiger partial charge in [-0.15, -0.1) is 0 Å². The third-order valence-corrected chi connectivity index (χ3v) is 5.65. The second-order valence-corrected chi connectivity index (χ2v) is 7.49. The number of fused-ring (bicyclic) bond motifs is 1. The summed E-state index contributed by atoms with van der Waals surface area (Å²) in [5.41, 5.74) is 2.19. The first kappa shape index (κ1) is 19.4. The van der Waals surface area contributed by atoms with Crippen molar-refractivity contribution in [2.75, 3.05) is 20.2 Å². The smallest absolute Gasteiger partial charge is 0.233 e. The molecule has 146 valence electrons. The number of aryl methyl sites for hydroxylation is 1. The number of imide groups is 1. The molecule has 0 aromatic heterocycles. The van der Waals surface area contributed by atoms with E-state index in [4.69, 9.17) is 4.74 Å². The van der Waals surface area contributed by atoms with E-state index in [2.05, 4.69) is 5.32 Å². The van der Waals surface area contributed by atoms with Gasteiger partial charge in [-0.3, -0.25) is 19.3 Å². The Hall–Kier alpha value is -2.37. The van der Waals surface area contributed by atoms with Gasteiger partial charge in [0.15, 0.2) is 0 Å². The number of hydrogen-bond donors (Lipinski definition) is 1. The van der Waals surface area contributed by atoms with Crippen LogP contribution < -0.4 is 10.1 Å². The number of carbonyl (C=O) groups is 3. The maximum Gasteiger partial charge on any atom is 0.233 e. The van der Waals surface area contributed by atoms with Crippen molar-refractivity contribution in [2.24, 2.45) is 11.8 Å². The summed E-state index contributed by atoms with van der Waals surface area (Å²) in [4.78, 5) is 38.3. The molecule has 1 aromatic rings. The molecule has 1 aliphatic carbocycles. The fourth-order valence-corrected chi connectivity index (χ4v) is 4.19. The Kier molecular flexibility index (Phi) is 6.14. The number of benzene rings is 1. The fourth-order valence-electron chi connectivity index (χ4n) is 4.19. The number of ether oxygens (including phenoxy) is 1. The highest BCUT2D eigenvalue weighted by Crippen LogP contribution is 2.37. The molecule has 2 atom stereocenters. The third kappa shape index (κ3) is 4.31. The van der Waals surface area contributed by atoms with Gasteiger partial charge < -0.3 is 10.1 Å².